The Morgan fingerprint density at radius 3 is 2.61 bits per heavy atom. The summed E-state index contributed by atoms with van der Waals surface area (Å²) in [6, 6.07) is 8.24. The van der Waals surface area contributed by atoms with E-state index in [2.05, 4.69) is 33.7 Å². The van der Waals surface area contributed by atoms with E-state index >= 15 is 0 Å². The van der Waals surface area contributed by atoms with Crippen LogP contribution in [0.3, 0.4) is 0 Å². The molecule has 0 saturated heterocycles. The van der Waals surface area contributed by atoms with Gasteiger partial charge in [0.05, 0.1) is 6.04 Å². The van der Waals surface area contributed by atoms with E-state index in [4.69, 9.17) is 14.3 Å². The molecule has 0 heterocycles. The molecule has 2 saturated carbocycles. The summed E-state index contributed by atoms with van der Waals surface area (Å²) in [5, 5.41) is 11.4. The molecule has 5 N–H and O–H groups in total. The lowest BCUT2D eigenvalue weighted by Gasteiger charge is -2.50. The largest absolute Gasteiger partial charge is 0.379 e. The first-order valence-corrected chi connectivity index (χ1v) is 9.29. The van der Waals surface area contributed by atoms with Gasteiger partial charge in [0, 0.05) is 11.3 Å². The van der Waals surface area contributed by atoms with Gasteiger partial charge in [0.25, 0.3) is 0 Å². The summed E-state index contributed by atoms with van der Waals surface area (Å²) >= 11 is 2.12. The first-order valence-electron chi connectivity index (χ1n) is 8.41. The number of nitrogens with one attached hydrogen (secondary N) is 3. The minimum atomic E-state index is -0.0265. The highest BCUT2D eigenvalue weighted by Crippen LogP contribution is 2.48. The van der Waals surface area contributed by atoms with Gasteiger partial charge in [-0.1, -0.05) is 19.3 Å². The normalized spacial score (nSPS) is 30.3. The van der Waals surface area contributed by atoms with Crippen LogP contribution < -0.4 is 16.6 Å². The van der Waals surface area contributed by atoms with Gasteiger partial charge in [-0.3, -0.25) is 5.41 Å². The number of hydrogen-bond donors (Lipinski definition) is 4. The Morgan fingerprint density at radius 1 is 1.17 bits per heavy atom. The second-order valence-corrected chi connectivity index (χ2v) is 7.14. The number of amidine groups is 1. The van der Waals surface area contributed by atoms with Crippen molar-refractivity contribution in [3.63, 3.8) is 0 Å². The fraction of sp³-hybridized carbons (Fsp3) is 0.588. The number of fused-ring (bicyclic) bond motifs is 1. The van der Waals surface area contributed by atoms with Crippen LogP contribution in [0.4, 0.5) is 5.69 Å². The number of benzene rings is 1. The molecule has 0 aromatic heterocycles. The van der Waals surface area contributed by atoms with Crippen molar-refractivity contribution in [1.82, 2.24) is 5.43 Å². The lowest BCUT2D eigenvalue weighted by atomic mass is 9.65. The zero-order chi connectivity index (χ0) is 16.3. The quantitative estimate of drug-likeness (QED) is 0.194. The minimum Gasteiger partial charge on any atom is -0.379 e. The Bertz CT molecular complexity index is 548. The summed E-state index contributed by atoms with van der Waals surface area (Å²) in [6.45, 7) is 0. The summed E-state index contributed by atoms with van der Waals surface area (Å²) in [5.41, 5.74) is 4.22. The Labute approximate surface area is 151 Å². The molecule has 2 aliphatic rings. The second kappa shape index (κ2) is 7.36. The summed E-state index contributed by atoms with van der Waals surface area (Å²) < 4.78 is 6.09. The van der Waals surface area contributed by atoms with Crippen molar-refractivity contribution in [3.8, 4) is 0 Å². The van der Waals surface area contributed by atoms with Gasteiger partial charge in [-0.2, -0.15) is 0 Å². The number of halogens is 1. The second-order valence-electron chi connectivity index (χ2n) is 6.70. The maximum Gasteiger partial charge on any atom is 0.139 e. The van der Waals surface area contributed by atoms with E-state index in [1.807, 2.05) is 24.3 Å². The molecule has 23 heavy (non-hydrogen) atoms. The Morgan fingerprint density at radius 2 is 1.91 bits per heavy atom. The van der Waals surface area contributed by atoms with Crippen LogP contribution in [0.25, 0.3) is 0 Å². The number of nitrogens with two attached hydrogens (primary N) is 1. The molecular formula is C17H25IN4O. The average Bonchev–Trinajstić information content (AvgIpc) is 2.62. The van der Waals surface area contributed by atoms with Crippen LogP contribution in [0.5, 0.6) is 0 Å². The molecule has 126 valence electrons. The van der Waals surface area contributed by atoms with E-state index in [1.165, 1.54) is 32.1 Å². The summed E-state index contributed by atoms with van der Waals surface area (Å²) in [4.78, 5) is 0. The van der Waals surface area contributed by atoms with E-state index in [0.717, 1.165) is 24.1 Å². The maximum atomic E-state index is 7.71. The monoisotopic (exact) mass is 428 g/mol. The van der Waals surface area contributed by atoms with Crippen molar-refractivity contribution in [1.29, 1.82) is 5.41 Å². The topological polar surface area (TPSA) is 83.2 Å². The van der Waals surface area contributed by atoms with Gasteiger partial charge in [0.2, 0.25) is 0 Å². The molecule has 0 bridgehead atoms. The van der Waals surface area contributed by atoms with Crippen molar-refractivity contribution in [2.75, 3.05) is 5.32 Å². The van der Waals surface area contributed by atoms with Gasteiger partial charge >= 0.3 is 0 Å². The molecule has 0 aliphatic heterocycles. The third-order valence-electron chi connectivity index (χ3n) is 5.50. The van der Waals surface area contributed by atoms with Gasteiger partial charge in [-0.15, -0.1) is 0 Å². The lowest BCUT2D eigenvalue weighted by Crippen LogP contribution is -2.56. The predicted octanol–water partition coefficient (Wildman–Crippen LogP) is 3.74. The molecule has 2 aliphatic carbocycles. The highest BCUT2D eigenvalue weighted by atomic mass is 127. The average molecular weight is 428 g/mol. The molecule has 1 unspecified atom stereocenters. The predicted molar refractivity (Wildman–Crippen MR) is 102 cm³/mol. The Hall–Kier alpha value is -0.860. The fourth-order valence-corrected chi connectivity index (χ4v) is 5.15. The first kappa shape index (κ1) is 17.0. The van der Waals surface area contributed by atoms with Crippen molar-refractivity contribution < 1.29 is 3.07 Å². The summed E-state index contributed by atoms with van der Waals surface area (Å²) in [7, 11) is 0. The van der Waals surface area contributed by atoms with E-state index in [9.17, 15) is 0 Å². The van der Waals surface area contributed by atoms with Crippen LogP contribution in [0.15, 0.2) is 24.3 Å². The van der Waals surface area contributed by atoms with Crippen molar-refractivity contribution in [3.05, 3.63) is 29.8 Å². The maximum absolute atomic E-state index is 7.71. The van der Waals surface area contributed by atoms with Gasteiger partial charge in [-0.05, 0) is 55.9 Å². The van der Waals surface area contributed by atoms with Gasteiger partial charge in [0.15, 0.2) is 0 Å². The van der Waals surface area contributed by atoms with Gasteiger partial charge in [-0.25, -0.2) is 5.84 Å². The molecule has 3 rings (SSSR count). The third-order valence-corrected chi connectivity index (χ3v) is 6.32. The molecule has 5 nitrogen and oxygen atoms in total. The smallest absolute Gasteiger partial charge is 0.139 e. The molecule has 1 aromatic carbocycles. The highest BCUT2D eigenvalue weighted by Gasteiger charge is 2.49. The van der Waals surface area contributed by atoms with Gasteiger partial charge < -0.3 is 13.8 Å². The Balaban J connectivity index is 1.76. The first-order chi connectivity index (χ1) is 11.2. The number of rotatable bonds is 4. The van der Waals surface area contributed by atoms with Crippen LogP contribution in [0, 0.1) is 11.3 Å². The molecule has 2 fully saturated rings. The summed E-state index contributed by atoms with van der Waals surface area (Å²) in [5.74, 6) is 6.20. The third kappa shape index (κ3) is 3.34. The number of anilines is 1. The standard InChI is InChI=1S/C17H25IN4O/c18-23-17-11-2-1-4-13(17)5-3-6-15(17)21-14-9-7-12(8-10-14)16(19)22-20/h7-10,13,15,21H,1-6,11,20H2,(H2,19,22)/t13-,15?,17-/m1/s1. The zero-order valence-corrected chi connectivity index (χ0v) is 15.4. The molecular weight excluding hydrogens is 403 g/mol. The van der Waals surface area contributed by atoms with Crippen LogP contribution in [-0.4, -0.2) is 17.5 Å². The van der Waals surface area contributed by atoms with E-state index < -0.39 is 0 Å². The highest BCUT2D eigenvalue weighted by molar-refractivity contribution is 14.1. The van der Waals surface area contributed by atoms with Crippen molar-refractivity contribution >= 4 is 34.5 Å². The number of hydrogen-bond acceptors (Lipinski definition) is 4. The minimum absolute atomic E-state index is 0.0265. The lowest BCUT2D eigenvalue weighted by molar-refractivity contribution is -0.0305. The van der Waals surface area contributed by atoms with Crippen LogP contribution >= 0.6 is 23.0 Å². The van der Waals surface area contributed by atoms with Crippen molar-refractivity contribution in [2.45, 2.75) is 56.6 Å². The van der Waals surface area contributed by atoms with E-state index in [0.29, 0.717) is 12.0 Å². The molecule has 6 heteroatoms. The molecule has 1 aromatic rings. The van der Waals surface area contributed by atoms with E-state index in [1.54, 1.807) is 0 Å². The SMILES string of the molecule is N=C(NN)c1ccc(NC2CCC[C@H]3CCCC[C@]23OI)cc1. The molecule has 0 spiro atoms. The van der Waals surface area contributed by atoms with Crippen LogP contribution in [-0.2, 0) is 3.07 Å². The van der Waals surface area contributed by atoms with Gasteiger partial charge in [0.1, 0.15) is 34.4 Å². The Kier molecular flexibility index (Phi) is 5.43. The van der Waals surface area contributed by atoms with Crippen LogP contribution in [0.2, 0.25) is 0 Å². The van der Waals surface area contributed by atoms with Crippen LogP contribution in [0.1, 0.15) is 50.5 Å². The van der Waals surface area contributed by atoms with Crippen molar-refractivity contribution in [2.24, 2.45) is 11.8 Å². The fourth-order valence-electron chi connectivity index (χ4n) is 4.27. The number of hydrazine groups is 1. The molecule has 0 amide bonds. The zero-order valence-electron chi connectivity index (χ0n) is 13.3. The summed E-state index contributed by atoms with van der Waals surface area (Å²) in [6.07, 6.45) is 8.75. The molecule has 0 radical (unpaired) electrons. The molecule has 3 atom stereocenters. The van der Waals surface area contributed by atoms with E-state index in [-0.39, 0.29) is 11.4 Å².